The summed E-state index contributed by atoms with van der Waals surface area (Å²) in [6.45, 7) is 2.32. The van der Waals surface area contributed by atoms with E-state index >= 15 is 0 Å². The molecule has 0 aliphatic rings. The molecule has 0 saturated carbocycles. The van der Waals surface area contributed by atoms with Crippen LogP contribution in [0.5, 0.6) is 0 Å². The van der Waals surface area contributed by atoms with Crippen molar-refractivity contribution in [2.24, 2.45) is 0 Å². The largest absolute Gasteiger partial charge is 0.368 e. The van der Waals surface area contributed by atoms with Crippen molar-refractivity contribution in [1.29, 1.82) is 5.26 Å². The summed E-state index contributed by atoms with van der Waals surface area (Å²) in [5.74, 6) is -0.186. The third-order valence-electron chi connectivity index (χ3n) is 5.34. The number of aromatic amines is 1. The molecular formula is C23H17FN8. The topological polar surface area (TPSA) is 122 Å². The van der Waals surface area contributed by atoms with Crippen molar-refractivity contribution in [2.45, 2.75) is 13.5 Å². The maximum Gasteiger partial charge on any atom is 0.221 e. The molecule has 3 heterocycles. The zero-order valence-electron chi connectivity index (χ0n) is 17.0. The Bertz CT molecular complexity index is 1510. The molecule has 3 aromatic heterocycles. The second-order valence-corrected chi connectivity index (χ2v) is 7.39. The quantitative estimate of drug-likeness (QED) is 0.452. The number of nitriles is 1. The highest BCUT2D eigenvalue weighted by atomic mass is 19.1. The van der Waals surface area contributed by atoms with E-state index in [1.54, 1.807) is 29.1 Å². The smallest absolute Gasteiger partial charge is 0.221 e. The van der Waals surface area contributed by atoms with E-state index < -0.39 is 0 Å². The van der Waals surface area contributed by atoms with Crippen LogP contribution in [0.1, 0.15) is 16.7 Å². The number of rotatable bonds is 4. The van der Waals surface area contributed by atoms with Crippen LogP contribution in [0.15, 0.2) is 54.9 Å². The number of nitrogens with one attached hydrogen (secondary N) is 1. The Morgan fingerprint density at radius 3 is 2.81 bits per heavy atom. The second-order valence-electron chi connectivity index (χ2n) is 7.39. The van der Waals surface area contributed by atoms with Crippen LogP contribution < -0.4 is 5.73 Å². The van der Waals surface area contributed by atoms with Crippen LogP contribution in [0.25, 0.3) is 33.5 Å². The minimum absolute atomic E-state index is 0.104. The first-order chi connectivity index (χ1) is 15.5. The molecule has 32 heavy (non-hydrogen) atoms. The fraction of sp³-hybridized carbons (Fsp3) is 0.0870. The number of fused-ring (bicyclic) bond motifs is 1. The monoisotopic (exact) mass is 424 g/mol. The van der Waals surface area contributed by atoms with E-state index in [2.05, 4.69) is 31.3 Å². The fourth-order valence-electron chi connectivity index (χ4n) is 3.73. The molecule has 156 valence electrons. The number of nitrogen functional groups attached to an aromatic ring is 1. The number of aromatic nitrogens is 6. The first kappa shape index (κ1) is 19.4. The molecule has 0 atom stereocenters. The first-order valence-electron chi connectivity index (χ1n) is 9.82. The third kappa shape index (κ3) is 3.44. The number of benzene rings is 2. The van der Waals surface area contributed by atoms with Gasteiger partial charge in [-0.15, -0.1) is 5.10 Å². The lowest BCUT2D eigenvalue weighted by molar-refractivity contribution is 0.629. The Labute approximate surface area is 182 Å². The van der Waals surface area contributed by atoms with Gasteiger partial charge in [0.05, 0.1) is 35.8 Å². The van der Waals surface area contributed by atoms with E-state index in [0.717, 1.165) is 27.6 Å². The molecule has 0 radical (unpaired) electrons. The highest BCUT2D eigenvalue weighted by molar-refractivity contribution is 5.83. The highest BCUT2D eigenvalue weighted by Crippen LogP contribution is 2.27. The van der Waals surface area contributed by atoms with Crippen LogP contribution in [-0.4, -0.2) is 29.9 Å². The highest BCUT2D eigenvalue weighted by Gasteiger charge is 2.14. The molecule has 2 aromatic carbocycles. The zero-order chi connectivity index (χ0) is 22.2. The summed E-state index contributed by atoms with van der Waals surface area (Å²) in [6.07, 6.45) is 3.60. The molecule has 0 saturated heterocycles. The fourth-order valence-corrected chi connectivity index (χ4v) is 3.73. The molecule has 0 fully saturated rings. The Balaban J connectivity index is 1.48. The van der Waals surface area contributed by atoms with Gasteiger partial charge in [-0.25, -0.2) is 19.0 Å². The maximum absolute atomic E-state index is 13.4. The van der Waals surface area contributed by atoms with Gasteiger partial charge < -0.3 is 10.7 Å². The van der Waals surface area contributed by atoms with Crippen LogP contribution in [0.4, 0.5) is 10.3 Å². The summed E-state index contributed by atoms with van der Waals surface area (Å²) in [5, 5.41) is 18.7. The van der Waals surface area contributed by atoms with Gasteiger partial charge in [0.2, 0.25) is 5.95 Å². The van der Waals surface area contributed by atoms with Crippen molar-refractivity contribution in [1.82, 2.24) is 29.9 Å². The van der Waals surface area contributed by atoms with Crippen LogP contribution in [0, 0.1) is 24.1 Å². The number of nitrogens with two attached hydrogens (primary N) is 1. The Morgan fingerprint density at radius 2 is 1.97 bits per heavy atom. The summed E-state index contributed by atoms with van der Waals surface area (Å²) < 4.78 is 15.1. The molecule has 3 N–H and O–H groups in total. The number of anilines is 1. The predicted molar refractivity (Wildman–Crippen MR) is 118 cm³/mol. The molecular weight excluding hydrogens is 407 g/mol. The van der Waals surface area contributed by atoms with Gasteiger partial charge >= 0.3 is 0 Å². The van der Waals surface area contributed by atoms with Crippen molar-refractivity contribution >= 4 is 16.9 Å². The summed E-state index contributed by atoms with van der Waals surface area (Å²) in [4.78, 5) is 11.7. The third-order valence-corrected chi connectivity index (χ3v) is 5.34. The summed E-state index contributed by atoms with van der Waals surface area (Å²) in [6, 6.07) is 14.0. The molecule has 0 amide bonds. The normalized spacial score (nSPS) is 11.0. The van der Waals surface area contributed by atoms with Crippen molar-refractivity contribution in [3.8, 4) is 28.7 Å². The van der Waals surface area contributed by atoms with E-state index in [0.29, 0.717) is 29.2 Å². The SMILES string of the molecule is Cc1c(C#N)cccc1-c1cc(-c2cn(Cc3c[nH]c4cc(F)ccc34)nn2)nc(N)n1. The van der Waals surface area contributed by atoms with E-state index in [-0.39, 0.29) is 11.8 Å². The lowest BCUT2D eigenvalue weighted by atomic mass is 10.00. The van der Waals surface area contributed by atoms with E-state index in [4.69, 9.17) is 5.73 Å². The minimum Gasteiger partial charge on any atom is -0.368 e. The Morgan fingerprint density at radius 1 is 1.12 bits per heavy atom. The zero-order valence-corrected chi connectivity index (χ0v) is 17.0. The van der Waals surface area contributed by atoms with Crippen molar-refractivity contribution in [2.75, 3.05) is 5.73 Å². The molecule has 0 aliphatic carbocycles. The average molecular weight is 424 g/mol. The van der Waals surface area contributed by atoms with Crippen LogP contribution >= 0.6 is 0 Å². The number of hydrogen-bond acceptors (Lipinski definition) is 6. The predicted octanol–water partition coefficient (Wildman–Crippen LogP) is 3.83. The molecule has 0 unspecified atom stereocenters. The molecule has 0 bridgehead atoms. The summed E-state index contributed by atoms with van der Waals surface area (Å²) in [5.41, 5.74) is 11.5. The first-order valence-corrected chi connectivity index (χ1v) is 9.82. The van der Waals surface area contributed by atoms with E-state index in [1.165, 1.54) is 12.1 Å². The van der Waals surface area contributed by atoms with Crippen molar-refractivity contribution in [3.05, 3.63) is 77.4 Å². The maximum atomic E-state index is 13.4. The molecule has 0 spiro atoms. The van der Waals surface area contributed by atoms with Gasteiger partial charge in [0.1, 0.15) is 11.5 Å². The average Bonchev–Trinajstić information content (AvgIpc) is 3.41. The van der Waals surface area contributed by atoms with Crippen LogP contribution in [-0.2, 0) is 6.54 Å². The van der Waals surface area contributed by atoms with Crippen molar-refractivity contribution < 1.29 is 4.39 Å². The summed E-state index contributed by atoms with van der Waals surface area (Å²) in [7, 11) is 0. The number of halogens is 1. The lowest BCUT2D eigenvalue weighted by Crippen LogP contribution is -2.00. The van der Waals surface area contributed by atoms with Gasteiger partial charge in [0, 0.05) is 22.7 Å². The van der Waals surface area contributed by atoms with Gasteiger partial charge in [0.25, 0.3) is 0 Å². The van der Waals surface area contributed by atoms with Crippen LogP contribution in [0.2, 0.25) is 0 Å². The van der Waals surface area contributed by atoms with Crippen LogP contribution in [0.3, 0.4) is 0 Å². The second kappa shape index (κ2) is 7.59. The number of hydrogen-bond donors (Lipinski definition) is 2. The van der Waals surface area contributed by atoms with Gasteiger partial charge in [0.15, 0.2) is 0 Å². The molecule has 9 heteroatoms. The van der Waals surface area contributed by atoms with Gasteiger partial charge in [-0.3, -0.25) is 0 Å². The Kier molecular flexibility index (Phi) is 4.60. The number of H-pyrrole nitrogens is 1. The van der Waals surface area contributed by atoms with Gasteiger partial charge in [-0.05, 0) is 48.4 Å². The molecule has 5 rings (SSSR count). The molecule has 0 aliphatic heterocycles. The molecule has 8 nitrogen and oxygen atoms in total. The minimum atomic E-state index is -0.290. The number of nitrogens with zero attached hydrogens (tertiary/aromatic N) is 6. The van der Waals surface area contributed by atoms with E-state index in [1.807, 2.05) is 25.3 Å². The van der Waals surface area contributed by atoms with Crippen molar-refractivity contribution in [3.63, 3.8) is 0 Å². The Hall–Kier alpha value is -4.58. The lowest BCUT2D eigenvalue weighted by Gasteiger charge is -2.08. The van der Waals surface area contributed by atoms with E-state index in [9.17, 15) is 9.65 Å². The molecule has 5 aromatic rings. The summed E-state index contributed by atoms with van der Waals surface area (Å²) >= 11 is 0. The van der Waals surface area contributed by atoms with Gasteiger partial charge in [-0.2, -0.15) is 5.26 Å². The standard InChI is InChI=1S/C23H17FN8/c1-13-14(9-25)3-2-4-17(13)20-8-21(29-23(26)28-20)22-12-32(31-30-22)11-15-10-27-19-7-16(24)5-6-18(15)19/h2-8,10,12,27H,11H2,1H3,(H2,26,28,29). The van der Waals surface area contributed by atoms with Gasteiger partial charge in [-0.1, -0.05) is 17.3 Å².